The second-order valence-electron chi connectivity index (χ2n) is 3.56. The van der Waals surface area contributed by atoms with E-state index < -0.39 is 0 Å². The van der Waals surface area contributed by atoms with Crippen molar-refractivity contribution in [3.63, 3.8) is 0 Å². The molecule has 94 valence electrons. The van der Waals surface area contributed by atoms with Crippen LogP contribution in [0.15, 0.2) is 29.2 Å². The maximum absolute atomic E-state index is 11.3. The number of esters is 1. The van der Waals surface area contributed by atoms with Gasteiger partial charge >= 0.3 is 5.97 Å². The normalized spacial score (nSPS) is 10.2. The summed E-state index contributed by atoms with van der Waals surface area (Å²) in [6.45, 7) is 0.787. The minimum absolute atomic E-state index is 0.170. The Bertz CT molecular complexity index is 335. The summed E-state index contributed by atoms with van der Waals surface area (Å²) in [6, 6.07) is 8.23. The molecule has 0 N–H and O–H groups in total. The summed E-state index contributed by atoms with van der Waals surface area (Å²) in [5.41, 5.74) is 1.16. The highest BCUT2D eigenvalue weighted by Crippen LogP contribution is 2.15. The van der Waals surface area contributed by atoms with Gasteiger partial charge in [-0.3, -0.25) is 4.79 Å². The van der Waals surface area contributed by atoms with Crippen LogP contribution in [0.3, 0.4) is 0 Å². The van der Waals surface area contributed by atoms with Crippen molar-refractivity contribution in [3.8, 4) is 0 Å². The molecule has 1 aromatic carbocycles. The molecular formula is C13H18O3S. The molecular weight excluding hydrogens is 236 g/mol. The highest BCUT2D eigenvalue weighted by molar-refractivity contribution is 7.98. The van der Waals surface area contributed by atoms with Gasteiger partial charge in [0.25, 0.3) is 0 Å². The average molecular weight is 254 g/mol. The van der Waals surface area contributed by atoms with Crippen LogP contribution in [-0.4, -0.2) is 32.5 Å². The summed E-state index contributed by atoms with van der Waals surface area (Å²) in [5.74, 6) is -0.170. The first-order valence-electron chi connectivity index (χ1n) is 5.53. The number of hydrogen-bond donors (Lipinski definition) is 0. The monoisotopic (exact) mass is 254 g/mol. The molecule has 17 heavy (non-hydrogen) atoms. The molecule has 0 saturated heterocycles. The van der Waals surface area contributed by atoms with Crippen LogP contribution in [0.1, 0.15) is 12.0 Å². The molecule has 0 radical (unpaired) electrons. The Morgan fingerprint density at radius 1 is 1.24 bits per heavy atom. The van der Waals surface area contributed by atoms with E-state index in [-0.39, 0.29) is 5.97 Å². The third kappa shape index (κ3) is 5.75. The summed E-state index contributed by atoms with van der Waals surface area (Å²) < 4.78 is 9.78. The molecule has 0 atom stereocenters. The van der Waals surface area contributed by atoms with Gasteiger partial charge < -0.3 is 9.47 Å². The number of carbonyl (C=O) groups is 1. The van der Waals surface area contributed by atoms with Gasteiger partial charge in [0.1, 0.15) is 6.61 Å². The van der Waals surface area contributed by atoms with E-state index in [0.717, 1.165) is 12.0 Å². The number of benzene rings is 1. The largest absolute Gasteiger partial charge is 0.463 e. The van der Waals surface area contributed by atoms with Gasteiger partial charge in [-0.1, -0.05) is 12.1 Å². The minimum Gasteiger partial charge on any atom is -0.463 e. The van der Waals surface area contributed by atoms with E-state index in [0.29, 0.717) is 19.6 Å². The van der Waals surface area contributed by atoms with Crippen molar-refractivity contribution in [1.82, 2.24) is 0 Å². The van der Waals surface area contributed by atoms with Gasteiger partial charge in [-0.05, 0) is 30.4 Å². The molecule has 0 unspecified atom stereocenters. The highest BCUT2D eigenvalue weighted by atomic mass is 32.2. The van der Waals surface area contributed by atoms with E-state index in [2.05, 4.69) is 12.1 Å². The zero-order valence-electron chi connectivity index (χ0n) is 10.3. The van der Waals surface area contributed by atoms with Crippen LogP contribution in [0.5, 0.6) is 0 Å². The van der Waals surface area contributed by atoms with Gasteiger partial charge in [0, 0.05) is 18.4 Å². The fourth-order valence-electron chi connectivity index (χ4n) is 1.35. The second kappa shape index (κ2) is 8.14. The number of methoxy groups -OCH3 is 1. The molecule has 4 heteroatoms. The summed E-state index contributed by atoms with van der Waals surface area (Å²) in [7, 11) is 1.58. The zero-order chi connectivity index (χ0) is 12.5. The fraction of sp³-hybridized carbons (Fsp3) is 0.462. The summed E-state index contributed by atoms with van der Waals surface area (Å²) >= 11 is 1.71. The molecule has 1 rings (SSSR count). The molecule has 0 bridgehead atoms. The van der Waals surface area contributed by atoms with Crippen LogP contribution in [0, 0.1) is 0 Å². The highest BCUT2D eigenvalue weighted by Gasteiger charge is 2.03. The Hall–Kier alpha value is -1.00. The quantitative estimate of drug-likeness (QED) is 0.425. The van der Waals surface area contributed by atoms with E-state index in [1.165, 1.54) is 4.90 Å². The van der Waals surface area contributed by atoms with Gasteiger partial charge in [-0.2, -0.15) is 0 Å². The molecule has 0 saturated carbocycles. The van der Waals surface area contributed by atoms with Crippen LogP contribution in [0.25, 0.3) is 0 Å². The Kier molecular flexibility index (Phi) is 6.74. The van der Waals surface area contributed by atoms with Crippen molar-refractivity contribution in [2.45, 2.75) is 17.7 Å². The van der Waals surface area contributed by atoms with Crippen molar-refractivity contribution >= 4 is 17.7 Å². The number of aryl methyl sites for hydroxylation is 1. The average Bonchev–Trinajstić information content (AvgIpc) is 2.37. The second-order valence-corrected chi connectivity index (χ2v) is 4.44. The van der Waals surface area contributed by atoms with E-state index >= 15 is 0 Å². The summed E-state index contributed by atoms with van der Waals surface area (Å²) in [6.07, 6.45) is 3.19. The number of rotatable bonds is 7. The van der Waals surface area contributed by atoms with Gasteiger partial charge in [0.15, 0.2) is 0 Å². The SMILES string of the molecule is COCCOC(=O)CCc1ccc(SC)cc1. The number of carbonyl (C=O) groups excluding carboxylic acids is 1. The van der Waals surface area contributed by atoms with Crippen molar-refractivity contribution in [2.24, 2.45) is 0 Å². The third-order valence-electron chi connectivity index (χ3n) is 2.33. The lowest BCUT2D eigenvalue weighted by Crippen LogP contribution is -2.10. The zero-order valence-corrected chi connectivity index (χ0v) is 11.1. The molecule has 0 heterocycles. The van der Waals surface area contributed by atoms with E-state index in [9.17, 15) is 4.79 Å². The van der Waals surface area contributed by atoms with Gasteiger partial charge in [-0.15, -0.1) is 11.8 Å². The van der Waals surface area contributed by atoms with Crippen molar-refractivity contribution in [1.29, 1.82) is 0 Å². The topological polar surface area (TPSA) is 35.5 Å². The van der Waals surface area contributed by atoms with Crippen molar-refractivity contribution < 1.29 is 14.3 Å². The third-order valence-corrected chi connectivity index (χ3v) is 3.07. The van der Waals surface area contributed by atoms with Crippen molar-refractivity contribution in [3.05, 3.63) is 29.8 Å². The lowest BCUT2D eigenvalue weighted by molar-refractivity contribution is -0.144. The number of thioether (sulfide) groups is 1. The van der Waals surface area contributed by atoms with E-state index in [4.69, 9.17) is 9.47 Å². The lowest BCUT2D eigenvalue weighted by Gasteiger charge is -2.04. The Labute approximate surface area is 106 Å². The molecule has 0 spiro atoms. The van der Waals surface area contributed by atoms with E-state index in [1.807, 2.05) is 18.4 Å². The van der Waals surface area contributed by atoms with Crippen molar-refractivity contribution in [2.75, 3.05) is 26.6 Å². The molecule has 0 aliphatic heterocycles. The summed E-state index contributed by atoms with van der Waals surface area (Å²) in [5, 5.41) is 0. The molecule has 1 aromatic rings. The van der Waals surface area contributed by atoms with Gasteiger partial charge in [0.2, 0.25) is 0 Å². The van der Waals surface area contributed by atoms with Crippen LogP contribution in [0.2, 0.25) is 0 Å². The lowest BCUT2D eigenvalue weighted by atomic mass is 10.1. The predicted octanol–water partition coefficient (Wildman–Crippen LogP) is 2.53. The number of hydrogen-bond acceptors (Lipinski definition) is 4. The molecule has 0 aromatic heterocycles. The number of ether oxygens (including phenoxy) is 2. The molecule has 0 aliphatic rings. The fourth-order valence-corrected chi connectivity index (χ4v) is 1.76. The maximum atomic E-state index is 11.3. The Morgan fingerprint density at radius 2 is 1.94 bits per heavy atom. The first-order valence-corrected chi connectivity index (χ1v) is 6.76. The first-order chi connectivity index (χ1) is 8.26. The van der Waals surface area contributed by atoms with Gasteiger partial charge in [-0.25, -0.2) is 0 Å². The first kappa shape index (κ1) is 14.1. The van der Waals surface area contributed by atoms with Crippen LogP contribution in [-0.2, 0) is 20.7 Å². The summed E-state index contributed by atoms with van der Waals surface area (Å²) in [4.78, 5) is 12.6. The van der Waals surface area contributed by atoms with Crippen LogP contribution < -0.4 is 0 Å². The maximum Gasteiger partial charge on any atom is 0.306 e. The van der Waals surface area contributed by atoms with Crippen LogP contribution in [0.4, 0.5) is 0 Å². The smallest absolute Gasteiger partial charge is 0.306 e. The minimum atomic E-state index is -0.170. The molecule has 0 amide bonds. The molecule has 0 aliphatic carbocycles. The Balaban J connectivity index is 2.27. The van der Waals surface area contributed by atoms with E-state index in [1.54, 1.807) is 18.9 Å². The molecule has 0 fully saturated rings. The standard InChI is InChI=1S/C13H18O3S/c1-15-9-10-16-13(14)8-5-11-3-6-12(17-2)7-4-11/h3-4,6-7H,5,8-10H2,1-2H3. The predicted molar refractivity (Wildman–Crippen MR) is 69.4 cm³/mol. The molecule has 3 nitrogen and oxygen atoms in total. The van der Waals surface area contributed by atoms with Crippen LogP contribution >= 0.6 is 11.8 Å². The van der Waals surface area contributed by atoms with Gasteiger partial charge in [0.05, 0.1) is 6.61 Å². The Morgan fingerprint density at radius 3 is 2.53 bits per heavy atom.